The number of hydrogen-bond donors (Lipinski definition) is 1. The number of aliphatic imine (C=N–C) groups is 1. The van der Waals surface area contributed by atoms with Crippen molar-refractivity contribution >= 4 is 34.6 Å². The Balaban J connectivity index is 1.84. The van der Waals surface area contributed by atoms with Crippen LogP contribution in [0.25, 0.3) is 6.08 Å². The molecule has 0 radical (unpaired) electrons. The molecule has 3 rings (SSSR count). The maximum atomic E-state index is 13.2. The molecule has 0 spiro atoms. The third-order valence-electron chi connectivity index (χ3n) is 3.12. The summed E-state index contributed by atoms with van der Waals surface area (Å²) in [5.74, 6) is -2.18. The van der Waals surface area contributed by atoms with Gasteiger partial charge < -0.3 is 5.32 Å². The minimum Gasteiger partial charge on any atom is -0.300 e. The molecule has 1 saturated heterocycles. The Bertz CT molecular complexity index is 846. The molecule has 1 fully saturated rings. The Kier molecular flexibility index (Phi) is 4.25. The van der Waals surface area contributed by atoms with Gasteiger partial charge in [0.2, 0.25) is 0 Å². The SMILES string of the molecule is Cc1cccc(N=C2NC(=O)/C(=C/c3ccc(F)c(F)c3)S2)c1. The van der Waals surface area contributed by atoms with Gasteiger partial charge >= 0.3 is 0 Å². The van der Waals surface area contributed by atoms with Crippen LogP contribution in [0.5, 0.6) is 0 Å². The summed E-state index contributed by atoms with van der Waals surface area (Å²) >= 11 is 1.16. The van der Waals surface area contributed by atoms with E-state index in [4.69, 9.17) is 0 Å². The summed E-state index contributed by atoms with van der Waals surface area (Å²) in [6.07, 6.45) is 1.50. The number of halogens is 2. The second-order valence-corrected chi connectivity index (χ2v) is 6.02. The van der Waals surface area contributed by atoms with Gasteiger partial charge in [-0.3, -0.25) is 4.79 Å². The second kappa shape index (κ2) is 6.34. The smallest absolute Gasteiger partial charge is 0.264 e. The largest absolute Gasteiger partial charge is 0.300 e. The molecule has 0 aromatic heterocycles. The van der Waals surface area contributed by atoms with Gasteiger partial charge in [0.1, 0.15) is 0 Å². The van der Waals surface area contributed by atoms with E-state index in [1.807, 2.05) is 31.2 Å². The van der Waals surface area contributed by atoms with E-state index >= 15 is 0 Å². The van der Waals surface area contributed by atoms with Gasteiger partial charge in [0, 0.05) is 0 Å². The van der Waals surface area contributed by atoms with Crippen molar-refractivity contribution in [2.75, 3.05) is 0 Å². The van der Waals surface area contributed by atoms with E-state index in [-0.39, 0.29) is 5.91 Å². The van der Waals surface area contributed by atoms with Crippen molar-refractivity contribution in [2.24, 2.45) is 4.99 Å². The predicted molar refractivity (Wildman–Crippen MR) is 88.3 cm³/mol. The zero-order valence-electron chi connectivity index (χ0n) is 12.1. The number of aryl methyl sites for hydroxylation is 1. The highest BCUT2D eigenvalue weighted by molar-refractivity contribution is 8.18. The van der Waals surface area contributed by atoms with Crippen LogP contribution in [0.15, 0.2) is 52.4 Å². The maximum absolute atomic E-state index is 13.2. The van der Waals surface area contributed by atoms with Crippen LogP contribution >= 0.6 is 11.8 Å². The zero-order chi connectivity index (χ0) is 16.4. The molecule has 0 aliphatic carbocycles. The molecule has 0 atom stereocenters. The Morgan fingerprint density at radius 2 is 1.96 bits per heavy atom. The normalized spacial score (nSPS) is 17.8. The first kappa shape index (κ1) is 15.4. The topological polar surface area (TPSA) is 41.5 Å². The Morgan fingerprint density at radius 1 is 1.13 bits per heavy atom. The van der Waals surface area contributed by atoms with Crippen LogP contribution in [-0.2, 0) is 4.79 Å². The fraction of sp³-hybridized carbons (Fsp3) is 0.0588. The Labute approximate surface area is 136 Å². The van der Waals surface area contributed by atoms with Gasteiger partial charge in [-0.1, -0.05) is 18.2 Å². The predicted octanol–water partition coefficient (Wildman–Crippen LogP) is 4.16. The molecular formula is C17H12F2N2OS. The van der Waals surface area contributed by atoms with Gasteiger partial charge in [-0.15, -0.1) is 0 Å². The second-order valence-electron chi connectivity index (χ2n) is 4.99. The summed E-state index contributed by atoms with van der Waals surface area (Å²) in [4.78, 5) is 16.7. The summed E-state index contributed by atoms with van der Waals surface area (Å²) in [6.45, 7) is 1.96. The van der Waals surface area contributed by atoms with E-state index in [9.17, 15) is 13.6 Å². The lowest BCUT2D eigenvalue weighted by Gasteiger charge is -1.97. The number of nitrogens with zero attached hydrogens (tertiary/aromatic N) is 1. The molecule has 116 valence electrons. The first-order valence-electron chi connectivity index (χ1n) is 6.82. The summed E-state index contributed by atoms with van der Waals surface area (Å²) in [5.41, 5.74) is 2.22. The molecule has 1 aliphatic heterocycles. The molecule has 1 amide bonds. The van der Waals surface area contributed by atoms with E-state index in [1.165, 1.54) is 12.1 Å². The number of carbonyl (C=O) groups is 1. The van der Waals surface area contributed by atoms with E-state index in [0.717, 1.165) is 35.1 Å². The summed E-state index contributed by atoms with van der Waals surface area (Å²) in [7, 11) is 0. The molecule has 6 heteroatoms. The number of amides is 1. The van der Waals surface area contributed by atoms with Crippen molar-refractivity contribution in [3.05, 3.63) is 70.1 Å². The van der Waals surface area contributed by atoms with Gasteiger partial charge in [-0.2, -0.15) is 0 Å². The number of rotatable bonds is 2. The lowest BCUT2D eigenvalue weighted by molar-refractivity contribution is -0.115. The number of amidine groups is 1. The molecule has 2 aromatic carbocycles. The minimum atomic E-state index is -0.948. The van der Waals surface area contributed by atoms with Crippen LogP contribution in [0.3, 0.4) is 0 Å². The average Bonchev–Trinajstić information content (AvgIpc) is 2.83. The lowest BCUT2D eigenvalue weighted by Crippen LogP contribution is -2.19. The monoisotopic (exact) mass is 330 g/mol. The van der Waals surface area contributed by atoms with Gasteiger partial charge in [-0.05, 0) is 60.2 Å². The van der Waals surface area contributed by atoms with Crippen LogP contribution in [0.2, 0.25) is 0 Å². The number of thioether (sulfide) groups is 1. The third-order valence-corrected chi connectivity index (χ3v) is 4.03. The van der Waals surface area contributed by atoms with E-state index in [0.29, 0.717) is 15.6 Å². The van der Waals surface area contributed by atoms with Crippen LogP contribution < -0.4 is 5.32 Å². The number of nitrogens with one attached hydrogen (secondary N) is 1. The standard InChI is InChI=1S/C17H12F2N2OS/c1-10-3-2-4-12(7-10)20-17-21-16(22)15(23-17)9-11-5-6-13(18)14(19)8-11/h2-9H,1H3,(H,20,21,22)/b15-9-. The molecule has 2 aromatic rings. The molecule has 1 aliphatic rings. The molecule has 0 unspecified atom stereocenters. The Hall–Kier alpha value is -2.47. The molecule has 3 nitrogen and oxygen atoms in total. The van der Waals surface area contributed by atoms with Crippen molar-refractivity contribution in [2.45, 2.75) is 6.92 Å². The van der Waals surface area contributed by atoms with E-state index in [2.05, 4.69) is 10.3 Å². The summed E-state index contributed by atoms with van der Waals surface area (Å²) in [6, 6.07) is 11.1. The Morgan fingerprint density at radius 3 is 2.70 bits per heavy atom. The van der Waals surface area contributed by atoms with Gasteiger partial charge in [0.15, 0.2) is 16.8 Å². The first-order valence-corrected chi connectivity index (χ1v) is 7.64. The molecular weight excluding hydrogens is 318 g/mol. The molecule has 1 N–H and O–H groups in total. The van der Waals surface area contributed by atoms with E-state index in [1.54, 1.807) is 0 Å². The molecule has 0 bridgehead atoms. The van der Waals surface area contributed by atoms with E-state index < -0.39 is 11.6 Å². The van der Waals surface area contributed by atoms with Crippen molar-refractivity contribution in [1.82, 2.24) is 5.32 Å². The molecule has 1 heterocycles. The molecule has 0 saturated carbocycles. The fourth-order valence-corrected chi connectivity index (χ4v) is 2.89. The molecule has 23 heavy (non-hydrogen) atoms. The maximum Gasteiger partial charge on any atom is 0.264 e. The van der Waals surface area contributed by atoms with Gasteiger partial charge in [-0.25, -0.2) is 13.8 Å². The minimum absolute atomic E-state index is 0.314. The number of carbonyl (C=O) groups excluding carboxylic acids is 1. The van der Waals surface area contributed by atoms with Crippen LogP contribution in [0.4, 0.5) is 14.5 Å². The third kappa shape index (κ3) is 3.65. The highest BCUT2D eigenvalue weighted by Crippen LogP contribution is 2.28. The number of hydrogen-bond acceptors (Lipinski definition) is 3. The van der Waals surface area contributed by atoms with Crippen molar-refractivity contribution in [3.8, 4) is 0 Å². The van der Waals surface area contributed by atoms with Crippen LogP contribution in [0, 0.1) is 18.6 Å². The van der Waals surface area contributed by atoms with Gasteiger partial charge in [0.25, 0.3) is 5.91 Å². The summed E-state index contributed by atoms with van der Waals surface area (Å²) < 4.78 is 26.1. The van der Waals surface area contributed by atoms with Crippen molar-refractivity contribution in [1.29, 1.82) is 0 Å². The summed E-state index contributed by atoms with van der Waals surface area (Å²) in [5, 5.41) is 3.11. The fourth-order valence-electron chi connectivity index (χ4n) is 2.05. The van der Waals surface area contributed by atoms with Crippen LogP contribution in [0.1, 0.15) is 11.1 Å². The van der Waals surface area contributed by atoms with Gasteiger partial charge in [0.05, 0.1) is 10.6 Å². The highest BCUT2D eigenvalue weighted by Gasteiger charge is 2.23. The lowest BCUT2D eigenvalue weighted by atomic mass is 10.2. The number of benzene rings is 2. The van der Waals surface area contributed by atoms with Crippen molar-refractivity contribution < 1.29 is 13.6 Å². The average molecular weight is 330 g/mol. The van der Waals surface area contributed by atoms with Crippen molar-refractivity contribution in [3.63, 3.8) is 0 Å². The highest BCUT2D eigenvalue weighted by atomic mass is 32.2. The quantitative estimate of drug-likeness (QED) is 0.840. The first-order chi connectivity index (χ1) is 11.0. The zero-order valence-corrected chi connectivity index (χ0v) is 13.0. The van der Waals surface area contributed by atoms with Crippen LogP contribution in [-0.4, -0.2) is 11.1 Å².